The van der Waals surface area contributed by atoms with Gasteiger partial charge in [-0.3, -0.25) is 4.79 Å². The zero-order valence-corrected chi connectivity index (χ0v) is 13.1. The summed E-state index contributed by atoms with van der Waals surface area (Å²) >= 11 is 0. The third kappa shape index (κ3) is 2.75. The summed E-state index contributed by atoms with van der Waals surface area (Å²) in [5.41, 5.74) is 2.57. The zero-order valence-electron chi connectivity index (χ0n) is 13.1. The molecule has 6 heteroatoms. The fourth-order valence-corrected chi connectivity index (χ4v) is 3.07. The van der Waals surface area contributed by atoms with Crippen molar-refractivity contribution in [3.63, 3.8) is 0 Å². The Kier molecular flexibility index (Phi) is 3.72. The van der Waals surface area contributed by atoms with Gasteiger partial charge in [0.25, 0.3) is 0 Å². The zero-order chi connectivity index (χ0) is 16.5. The van der Waals surface area contributed by atoms with Gasteiger partial charge in [0.1, 0.15) is 11.5 Å². The molecule has 1 aliphatic rings. The lowest BCUT2D eigenvalue weighted by Crippen LogP contribution is -2.13. The van der Waals surface area contributed by atoms with Crippen LogP contribution < -0.4 is 5.32 Å². The van der Waals surface area contributed by atoms with Crippen molar-refractivity contribution in [2.24, 2.45) is 5.92 Å². The molecule has 3 aromatic rings. The van der Waals surface area contributed by atoms with Crippen molar-refractivity contribution >= 4 is 23.1 Å². The molecule has 5 nitrogen and oxygen atoms in total. The number of carbonyl (C=O) groups excluding carboxylic acids is 1. The van der Waals surface area contributed by atoms with E-state index in [9.17, 15) is 9.18 Å². The minimum atomic E-state index is -0.408. The van der Waals surface area contributed by atoms with E-state index in [0.717, 1.165) is 17.7 Å². The average molecular weight is 324 g/mol. The number of pyridine rings is 1. The van der Waals surface area contributed by atoms with Gasteiger partial charge in [0.15, 0.2) is 5.65 Å². The number of carbonyl (C=O) groups is 1. The lowest BCUT2D eigenvalue weighted by Gasteiger charge is -2.24. The van der Waals surface area contributed by atoms with Crippen molar-refractivity contribution in [1.29, 1.82) is 0 Å². The lowest BCUT2D eigenvalue weighted by atomic mass is 9.81. The van der Waals surface area contributed by atoms with Crippen molar-refractivity contribution in [2.45, 2.75) is 25.7 Å². The maximum atomic E-state index is 14.1. The summed E-state index contributed by atoms with van der Waals surface area (Å²) in [5, 5.41) is 7.76. The van der Waals surface area contributed by atoms with Gasteiger partial charge >= 0.3 is 0 Å². The third-order valence-corrected chi connectivity index (χ3v) is 4.58. The highest BCUT2D eigenvalue weighted by atomic mass is 19.1. The van der Waals surface area contributed by atoms with Gasteiger partial charge in [-0.25, -0.2) is 14.1 Å². The summed E-state index contributed by atoms with van der Waals surface area (Å²) in [6.45, 7) is 0. The predicted molar refractivity (Wildman–Crippen MR) is 89.6 cm³/mol. The normalized spacial score (nSPS) is 14.5. The number of hydrogen-bond acceptors (Lipinski definition) is 3. The van der Waals surface area contributed by atoms with E-state index in [1.165, 1.54) is 41.6 Å². The Bertz CT molecular complexity index is 901. The molecule has 24 heavy (non-hydrogen) atoms. The first-order chi connectivity index (χ1) is 11.7. The van der Waals surface area contributed by atoms with Crippen LogP contribution in [-0.4, -0.2) is 21.2 Å². The highest BCUT2D eigenvalue weighted by Crippen LogP contribution is 2.30. The van der Waals surface area contributed by atoms with Crippen molar-refractivity contribution < 1.29 is 9.18 Å². The Balaban J connectivity index is 1.69. The molecule has 1 amide bonds. The molecule has 122 valence electrons. The third-order valence-electron chi connectivity index (χ3n) is 4.58. The molecule has 1 N–H and O–H groups in total. The summed E-state index contributed by atoms with van der Waals surface area (Å²) in [6.07, 6.45) is 9.14. The number of nitrogens with zero attached hydrogens (tertiary/aromatic N) is 3. The first-order valence-electron chi connectivity index (χ1n) is 8.07. The maximum absolute atomic E-state index is 14.1. The lowest BCUT2D eigenvalue weighted by molar-refractivity contribution is -0.105. The van der Waals surface area contributed by atoms with E-state index in [-0.39, 0.29) is 5.69 Å². The van der Waals surface area contributed by atoms with Gasteiger partial charge in [-0.05, 0) is 42.2 Å². The van der Waals surface area contributed by atoms with Crippen LogP contribution in [0.15, 0.2) is 36.7 Å². The van der Waals surface area contributed by atoms with Crippen LogP contribution in [0.3, 0.4) is 0 Å². The molecule has 0 aliphatic heterocycles. The van der Waals surface area contributed by atoms with Crippen LogP contribution in [0.5, 0.6) is 0 Å². The second-order valence-corrected chi connectivity index (χ2v) is 6.26. The first-order valence-corrected chi connectivity index (χ1v) is 8.07. The van der Waals surface area contributed by atoms with Crippen molar-refractivity contribution in [2.75, 3.05) is 5.32 Å². The van der Waals surface area contributed by atoms with Gasteiger partial charge in [-0.2, -0.15) is 0 Å². The number of hydrogen-bond donors (Lipinski definition) is 1. The standard InChI is InChI=1S/C18H17FN4O/c19-16-5-4-15(21-11-24)8-17(16)23-10-14-7-13(6-12-2-1-3-12)9-20-18(14)22-23/h4-5,7-12H,1-3,6H2,(H,21,24). The summed E-state index contributed by atoms with van der Waals surface area (Å²) in [7, 11) is 0. The van der Waals surface area contributed by atoms with Crippen molar-refractivity contribution in [3.8, 4) is 5.69 Å². The van der Waals surface area contributed by atoms with Crippen molar-refractivity contribution in [1.82, 2.24) is 14.8 Å². The number of amides is 1. The molecule has 0 bridgehead atoms. The maximum Gasteiger partial charge on any atom is 0.211 e. The quantitative estimate of drug-likeness (QED) is 0.731. The smallest absolute Gasteiger partial charge is 0.211 e. The van der Waals surface area contributed by atoms with E-state index >= 15 is 0 Å². The molecule has 0 saturated heterocycles. The number of rotatable bonds is 5. The molecule has 0 unspecified atom stereocenters. The number of nitrogens with one attached hydrogen (secondary N) is 1. The summed E-state index contributed by atoms with van der Waals surface area (Å²) in [6, 6.07) is 6.44. The van der Waals surface area contributed by atoms with Crippen LogP contribution in [0.2, 0.25) is 0 Å². The fourth-order valence-electron chi connectivity index (χ4n) is 3.07. The van der Waals surface area contributed by atoms with Crippen molar-refractivity contribution in [3.05, 3.63) is 48.0 Å². The van der Waals surface area contributed by atoms with Crippen LogP contribution >= 0.6 is 0 Å². The van der Waals surface area contributed by atoms with Gasteiger partial charge in [0.05, 0.1) is 0 Å². The van der Waals surface area contributed by atoms with E-state index in [2.05, 4.69) is 21.5 Å². The number of benzene rings is 1. The Morgan fingerprint density at radius 1 is 1.33 bits per heavy atom. The fraction of sp³-hybridized carbons (Fsp3) is 0.278. The molecule has 1 fully saturated rings. The van der Waals surface area contributed by atoms with E-state index in [0.29, 0.717) is 17.7 Å². The van der Waals surface area contributed by atoms with Crippen LogP contribution in [0, 0.1) is 11.7 Å². The van der Waals surface area contributed by atoms with Gasteiger partial charge in [-0.1, -0.05) is 19.3 Å². The summed E-state index contributed by atoms with van der Waals surface area (Å²) in [5.74, 6) is 0.358. The van der Waals surface area contributed by atoms with Crippen LogP contribution in [-0.2, 0) is 11.2 Å². The molecule has 1 aromatic carbocycles. The van der Waals surface area contributed by atoms with Crippen LogP contribution in [0.4, 0.5) is 10.1 Å². The molecule has 0 atom stereocenters. The second kappa shape index (κ2) is 6.03. The molecular weight excluding hydrogens is 307 g/mol. The Morgan fingerprint density at radius 3 is 2.96 bits per heavy atom. The number of anilines is 1. The molecule has 0 radical (unpaired) electrons. The Morgan fingerprint density at radius 2 is 2.21 bits per heavy atom. The van der Waals surface area contributed by atoms with Gasteiger partial charge in [0, 0.05) is 23.5 Å². The van der Waals surface area contributed by atoms with Crippen LogP contribution in [0.1, 0.15) is 24.8 Å². The number of fused-ring (bicyclic) bond motifs is 1. The highest BCUT2D eigenvalue weighted by molar-refractivity contribution is 5.76. The van der Waals surface area contributed by atoms with Crippen LogP contribution in [0.25, 0.3) is 16.7 Å². The molecule has 1 aliphatic carbocycles. The molecular formula is C18H17FN4O. The highest BCUT2D eigenvalue weighted by Gasteiger charge is 2.18. The topological polar surface area (TPSA) is 59.8 Å². The molecule has 0 spiro atoms. The molecule has 4 rings (SSSR count). The van der Waals surface area contributed by atoms with E-state index in [1.54, 1.807) is 12.3 Å². The van der Waals surface area contributed by atoms with Gasteiger partial charge in [0.2, 0.25) is 6.41 Å². The Labute approximate surface area is 138 Å². The number of aromatic nitrogens is 3. The molecule has 2 aromatic heterocycles. The second-order valence-electron chi connectivity index (χ2n) is 6.26. The molecule has 2 heterocycles. The minimum Gasteiger partial charge on any atom is -0.329 e. The minimum absolute atomic E-state index is 0.278. The van der Waals surface area contributed by atoms with Gasteiger partial charge in [-0.15, -0.1) is 5.10 Å². The van der Waals surface area contributed by atoms with E-state index in [4.69, 9.17) is 0 Å². The summed E-state index contributed by atoms with van der Waals surface area (Å²) in [4.78, 5) is 15.0. The SMILES string of the molecule is O=CNc1ccc(F)c(-n2cc3cc(CC4CCC4)cnc3n2)c1. The first kappa shape index (κ1) is 14.8. The van der Waals surface area contributed by atoms with Gasteiger partial charge < -0.3 is 5.32 Å². The Hall–Kier alpha value is -2.76. The van der Waals surface area contributed by atoms with E-state index < -0.39 is 5.82 Å². The largest absolute Gasteiger partial charge is 0.329 e. The monoisotopic (exact) mass is 324 g/mol. The predicted octanol–water partition coefficient (Wildman–Crippen LogP) is 3.47. The molecule has 1 saturated carbocycles. The number of halogens is 1. The van der Waals surface area contributed by atoms with E-state index in [1.807, 2.05) is 6.20 Å². The average Bonchev–Trinajstić information content (AvgIpc) is 2.96. The summed E-state index contributed by atoms with van der Waals surface area (Å²) < 4.78 is 15.6.